The molecule has 25 heavy (non-hydrogen) atoms. The van der Waals surface area contributed by atoms with E-state index in [-0.39, 0.29) is 43.0 Å². The molecular formula is C18H26BrClN2O3. The second kappa shape index (κ2) is 10.1. The highest BCUT2D eigenvalue weighted by atomic mass is 79.9. The number of nitrogens with two attached hydrogens (primary N) is 1. The molecule has 0 aliphatic carbocycles. The van der Waals surface area contributed by atoms with Crippen LogP contribution in [0.1, 0.15) is 43.0 Å². The highest BCUT2D eigenvalue weighted by molar-refractivity contribution is 9.10. The van der Waals surface area contributed by atoms with Crippen molar-refractivity contribution in [3.63, 3.8) is 0 Å². The molecule has 5 nitrogen and oxygen atoms in total. The first kappa shape index (κ1) is 21.9. The normalized spacial score (nSPS) is 19.9. The lowest BCUT2D eigenvalue weighted by atomic mass is 9.92. The smallest absolute Gasteiger partial charge is 0.223 e. The number of carbonyl (C=O) groups is 2. The lowest BCUT2D eigenvalue weighted by molar-refractivity contribution is -0.135. The molecule has 1 heterocycles. The summed E-state index contributed by atoms with van der Waals surface area (Å²) >= 11 is 3.36. The molecule has 1 fully saturated rings. The molecule has 1 amide bonds. The first-order chi connectivity index (χ1) is 11.5. The number of rotatable bonds is 6. The summed E-state index contributed by atoms with van der Waals surface area (Å²) < 4.78 is 6.05. The maximum atomic E-state index is 12.5. The Kier molecular flexibility index (Phi) is 8.89. The summed E-state index contributed by atoms with van der Waals surface area (Å²) in [5.41, 5.74) is 6.31. The number of nitrogens with zero attached hydrogens (tertiary/aromatic N) is 1. The number of carbonyl (C=O) groups excluding carboxylic acids is 2. The number of ether oxygens (including phenoxy) is 1. The lowest BCUT2D eigenvalue weighted by Crippen LogP contribution is -2.49. The number of piperidine rings is 1. The van der Waals surface area contributed by atoms with Crippen LogP contribution in [0.2, 0.25) is 0 Å². The van der Waals surface area contributed by atoms with Gasteiger partial charge in [-0.1, -0.05) is 22.9 Å². The Morgan fingerprint density at radius 2 is 2.08 bits per heavy atom. The van der Waals surface area contributed by atoms with Crippen LogP contribution in [-0.4, -0.2) is 42.8 Å². The van der Waals surface area contributed by atoms with Crippen LogP contribution in [0.15, 0.2) is 22.7 Å². The van der Waals surface area contributed by atoms with Crippen molar-refractivity contribution in [2.75, 3.05) is 20.2 Å². The quantitative estimate of drug-likeness (QED) is 0.698. The van der Waals surface area contributed by atoms with Gasteiger partial charge in [-0.25, -0.2) is 0 Å². The van der Waals surface area contributed by atoms with E-state index in [1.807, 2.05) is 11.0 Å². The molecule has 2 unspecified atom stereocenters. The van der Waals surface area contributed by atoms with Crippen LogP contribution in [0.4, 0.5) is 0 Å². The van der Waals surface area contributed by atoms with Gasteiger partial charge in [-0.2, -0.15) is 0 Å². The molecule has 0 aromatic heterocycles. The predicted molar refractivity (Wildman–Crippen MR) is 104 cm³/mol. The summed E-state index contributed by atoms with van der Waals surface area (Å²) in [6.45, 7) is 3.40. The molecule has 7 heteroatoms. The molecule has 1 aromatic carbocycles. The van der Waals surface area contributed by atoms with E-state index in [4.69, 9.17) is 10.5 Å². The van der Waals surface area contributed by atoms with Gasteiger partial charge in [-0.05, 0) is 37.0 Å². The largest absolute Gasteiger partial charge is 0.496 e. The average Bonchev–Trinajstić information content (AvgIpc) is 2.59. The van der Waals surface area contributed by atoms with Crippen LogP contribution in [0.25, 0.3) is 0 Å². The Morgan fingerprint density at radius 3 is 2.72 bits per heavy atom. The minimum atomic E-state index is -0.0869. The number of amides is 1. The number of likely N-dealkylation sites (tertiary alicyclic amines) is 1. The van der Waals surface area contributed by atoms with E-state index < -0.39 is 0 Å². The fourth-order valence-electron chi connectivity index (χ4n) is 3.20. The van der Waals surface area contributed by atoms with Crippen LogP contribution in [0.3, 0.4) is 0 Å². The number of methoxy groups -OCH3 is 1. The molecule has 0 saturated carbocycles. The van der Waals surface area contributed by atoms with Gasteiger partial charge in [-0.3, -0.25) is 9.59 Å². The van der Waals surface area contributed by atoms with Crippen LogP contribution in [0.5, 0.6) is 5.75 Å². The van der Waals surface area contributed by atoms with E-state index in [0.717, 1.165) is 23.9 Å². The Labute approximate surface area is 163 Å². The van der Waals surface area contributed by atoms with Crippen molar-refractivity contribution in [2.45, 2.75) is 38.6 Å². The maximum Gasteiger partial charge on any atom is 0.223 e. The summed E-state index contributed by atoms with van der Waals surface area (Å²) in [7, 11) is 1.53. The van der Waals surface area contributed by atoms with Crippen LogP contribution < -0.4 is 10.5 Å². The molecule has 2 atom stereocenters. The number of hydrogen-bond donors (Lipinski definition) is 1. The average molecular weight is 434 g/mol. The van der Waals surface area contributed by atoms with Crippen molar-refractivity contribution in [3.8, 4) is 5.75 Å². The van der Waals surface area contributed by atoms with Crippen molar-refractivity contribution in [2.24, 2.45) is 11.7 Å². The summed E-state index contributed by atoms with van der Waals surface area (Å²) in [4.78, 5) is 26.8. The van der Waals surface area contributed by atoms with Gasteiger partial charge >= 0.3 is 0 Å². The van der Waals surface area contributed by atoms with Gasteiger partial charge in [0.15, 0.2) is 5.78 Å². The van der Waals surface area contributed by atoms with E-state index in [1.54, 1.807) is 12.1 Å². The summed E-state index contributed by atoms with van der Waals surface area (Å²) in [5, 5.41) is 0. The second-order valence-electron chi connectivity index (χ2n) is 6.37. The molecule has 140 valence electrons. The zero-order valence-corrected chi connectivity index (χ0v) is 17.1. The monoisotopic (exact) mass is 432 g/mol. The first-order valence-electron chi connectivity index (χ1n) is 8.32. The molecule has 2 N–H and O–H groups in total. The van der Waals surface area contributed by atoms with Crippen LogP contribution in [0, 0.1) is 5.92 Å². The summed E-state index contributed by atoms with van der Waals surface area (Å²) in [6, 6.07) is 5.39. The van der Waals surface area contributed by atoms with E-state index >= 15 is 0 Å². The van der Waals surface area contributed by atoms with Crippen molar-refractivity contribution >= 4 is 40.0 Å². The Hall–Kier alpha value is -1.11. The molecule has 0 spiro atoms. The molecule has 2 rings (SSSR count). The van der Waals surface area contributed by atoms with E-state index in [9.17, 15) is 9.59 Å². The Balaban J connectivity index is 0.00000312. The topological polar surface area (TPSA) is 72.6 Å². The third-order valence-electron chi connectivity index (χ3n) is 4.60. The summed E-state index contributed by atoms with van der Waals surface area (Å²) in [6.07, 6.45) is 2.32. The van der Waals surface area contributed by atoms with E-state index in [2.05, 4.69) is 22.9 Å². The third kappa shape index (κ3) is 5.69. The van der Waals surface area contributed by atoms with Crippen LogP contribution in [-0.2, 0) is 4.79 Å². The highest BCUT2D eigenvalue weighted by Crippen LogP contribution is 2.26. The zero-order valence-electron chi connectivity index (χ0n) is 14.7. The number of benzene rings is 1. The Bertz CT molecular complexity index is 612. The Morgan fingerprint density at radius 1 is 1.36 bits per heavy atom. The standard InChI is InChI=1S/C18H25BrN2O3.ClH/c1-12-7-8-21(14(9-12)11-20)18(23)6-4-16(22)15-10-13(19)3-5-17(15)24-2;/h3,5,10,12,14H,4,6-9,11,20H2,1-2H3;1H. The molecular weight excluding hydrogens is 408 g/mol. The van der Waals surface area contributed by atoms with Crippen LogP contribution >= 0.6 is 28.3 Å². The highest BCUT2D eigenvalue weighted by Gasteiger charge is 2.29. The van der Waals surface area contributed by atoms with Gasteiger partial charge in [0, 0.05) is 36.4 Å². The molecule has 1 aliphatic rings. The number of ketones is 1. The lowest BCUT2D eigenvalue weighted by Gasteiger charge is -2.38. The fraction of sp³-hybridized carbons (Fsp3) is 0.556. The third-order valence-corrected chi connectivity index (χ3v) is 5.09. The predicted octanol–water partition coefficient (Wildman–Crippen LogP) is 3.43. The first-order valence-corrected chi connectivity index (χ1v) is 9.11. The molecule has 1 saturated heterocycles. The van der Waals surface area contributed by atoms with E-state index in [1.165, 1.54) is 7.11 Å². The van der Waals surface area contributed by atoms with Crippen molar-refractivity contribution in [1.82, 2.24) is 4.90 Å². The van der Waals surface area contributed by atoms with Gasteiger partial charge < -0.3 is 15.4 Å². The molecule has 1 aliphatic heterocycles. The van der Waals surface area contributed by atoms with Gasteiger partial charge in [0.25, 0.3) is 0 Å². The molecule has 1 aromatic rings. The SMILES string of the molecule is COc1ccc(Br)cc1C(=O)CCC(=O)N1CCC(C)CC1CN.Cl. The van der Waals surface area contributed by atoms with Gasteiger partial charge in [-0.15, -0.1) is 12.4 Å². The van der Waals surface area contributed by atoms with Gasteiger partial charge in [0.2, 0.25) is 5.91 Å². The minimum Gasteiger partial charge on any atom is -0.496 e. The number of Topliss-reactive ketones (excluding diaryl/α,β-unsaturated/α-hetero) is 1. The minimum absolute atomic E-state index is 0. The maximum absolute atomic E-state index is 12.5. The second-order valence-corrected chi connectivity index (χ2v) is 7.29. The fourth-order valence-corrected chi connectivity index (χ4v) is 3.56. The number of hydrogen-bond acceptors (Lipinski definition) is 4. The van der Waals surface area contributed by atoms with Crippen molar-refractivity contribution in [1.29, 1.82) is 0 Å². The zero-order chi connectivity index (χ0) is 17.7. The van der Waals surface area contributed by atoms with Gasteiger partial charge in [0.05, 0.1) is 12.7 Å². The molecule has 0 bridgehead atoms. The number of halogens is 2. The summed E-state index contributed by atoms with van der Waals surface area (Å²) in [5.74, 6) is 1.05. The van der Waals surface area contributed by atoms with Crippen molar-refractivity contribution < 1.29 is 14.3 Å². The van der Waals surface area contributed by atoms with Gasteiger partial charge in [0.1, 0.15) is 5.75 Å². The molecule has 0 radical (unpaired) electrons. The van der Waals surface area contributed by atoms with Crippen molar-refractivity contribution in [3.05, 3.63) is 28.2 Å². The van der Waals surface area contributed by atoms with E-state index in [0.29, 0.717) is 23.8 Å².